The van der Waals surface area contributed by atoms with Gasteiger partial charge in [-0.15, -0.1) is 0 Å². The highest BCUT2D eigenvalue weighted by Gasteiger charge is 2.11. The number of hydrogen-bond acceptors (Lipinski definition) is 2. The van der Waals surface area contributed by atoms with E-state index < -0.39 is 9.84 Å². The van der Waals surface area contributed by atoms with Crippen molar-refractivity contribution in [2.45, 2.75) is 58.3 Å². The summed E-state index contributed by atoms with van der Waals surface area (Å²) in [6.07, 6.45) is 10.4. The summed E-state index contributed by atoms with van der Waals surface area (Å²) >= 11 is 0. The van der Waals surface area contributed by atoms with Gasteiger partial charge in [-0.1, -0.05) is 53.1 Å². The summed E-state index contributed by atoms with van der Waals surface area (Å²) in [6.45, 7) is 8.41. The van der Waals surface area contributed by atoms with Crippen LogP contribution in [-0.4, -0.2) is 14.2 Å². The molecule has 0 aromatic heterocycles. The van der Waals surface area contributed by atoms with Gasteiger partial charge in [0.2, 0.25) is 0 Å². The molecule has 0 N–H and O–H groups in total. The minimum atomic E-state index is -3.22. The number of benzene rings is 1. The average molecular weight is 347 g/mol. The van der Waals surface area contributed by atoms with Crippen molar-refractivity contribution in [3.05, 3.63) is 65.3 Å². The molecular formula is C21H30O2S. The molecule has 0 saturated heterocycles. The summed E-state index contributed by atoms with van der Waals surface area (Å²) in [5, 5.41) is 0. The van der Waals surface area contributed by atoms with Gasteiger partial charge in [0, 0.05) is 0 Å². The Morgan fingerprint density at radius 1 is 0.833 bits per heavy atom. The van der Waals surface area contributed by atoms with E-state index in [1.165, 1.54) is 11.1 Å². The highest BCUT2D eigenvalue weighted by molar-refractivity contribution is 7.91. The molecule has 3 heteroatoms. The topological polar surface area (TPSA) is 34.1 Å². The molecule has 1 aromatic carbocycles. The van der Waals surface area contributed by atoms with Gasteiger partial charge >= 0.3 is 0 Å². The van der Waals surface area contributed by atoms with Gasteiger partial charge in [0.1, 0.15) is 0 Å². The molecule has 0 heterocycles. The van der Waals surface area contributed by atoms with Crippen LogP contribution in [0.15, 0.2) is 70.2 Å². The zero-order valence-corrected chi connectivity index (χ0v) is 16.2. The Labute approximate surface area is 147 Å². The molecule has 2 nitrogen and oxygen atoms in total. The van der Waals surface area contributed by atoms with E-state index in [1.54, 1.807) is 24.3 Å². The van der Waals surface area contributed by atoms with E-state index in [1.807, 2.05) is 19.1 Å². The Morgan fingerprint density at radius 3 is 1.96 bits per heavy atom. The summed E-state index contributed by atoms with van der Waals surface area (Å²) in [5.74, 6) is 0.0755. The lowest BCUT2D eigenvalue weighted by Gasteiger charge is -2.03. The molecule has 24 heavy (non-hydrogen) atoms. The number of hydrogen-bond donors (Lipinski definition) is 0. The van der Waals surface area contributed by atoms with Gasteiger partial charge in [-0.3, -0.25) is 0 Å². The van der Waals surface area contributed by atoms with E-state index in [2.05, 4.69) is 32.9 Å². The molecule has 0 saturated carbocycles. The van der Waals surface area contributed by atoms with Gasteiger partial charge in [0.25, 0.3) is 0 Å². The summed E-state index contributed by atoms with van der Waals surface area (Å²) in [4.78, 5) is 0.393. The lowest BCUT2D eigenvalue weighted by molar-refractivity contribution is 0.599. The van der Waals surface area contributed by atoms with Crippen molar-refractivity contribution in [3.8, 4) is 0 Å². The van der Waals surface area contributed by atoms with Crippen LogP contribution in [0.2, 0.25) is 0 Å². The number of rotatable bonds is 9. The summed E-state index contributed by atoms with van der Waals surface area (Å²) in [5.41, 5.74) is 3.89. The average Bonchev–Trinajstić information content (AvgIpc) is 2.53. The van der Waals surface area contributed by atoms with Gasteiger partial charge in [0.05, 0.1) is 10.6 Å². The molecule has 0 aliphatic rings. The lowest BCUT2D eigenvalue weighted by atomic mass is 10.1. The van der Waals surface area contributed by atoms with Crippen LogP contribution in [0.3, 0.4) is 0 Å². The predicted octanol–water partition coefficient (Wildman–Crippen LogP) is 5.88. The van der Waals surface area contributed by atoms with Crippen LogP contribution in [0.5, 0.6) is 0 Å². The second-order valence-corrected chi connectivity index (χ2v) is 8.59. The van der Waals surface area contributed by atoms with Crippen molar-refractivity contribution in [1.82, 2.24) is 0 Å². The van der Waals surface area contributed by atoms with Gasteiger partial charge < -0.3 is 0 Å². The van der Waals surface area contributed by atoms with Gasteiger partial charge in [-0.05, 0) is 65.5 Å². The Bertz CT molecular complexity index is 689. The fraction of sp³-hybridized carbons (Fsp3) is 0.429. The predicted molar refractivity (Wildman–Crippen MR) is 104 cm³/mol. The molecule has 0 bridgehead atoms. The number of sulfone groups is 1. The largest absolute Gasteiger partial charge is 0.223 e. The third-order valence-electron chi connectivity index (χ3n) is 3.88. The molecule has 0 fully saturated rings. The molecule has 1 aromatic rings. The van der Waals surface area contributed by atoms with Crippen molar-refractivity contribution in [2.24, 2.45) is 0 Å². The van der Waals surface area contributed by atoms with E-state index in [9.17, 15) is 8.42 Å². The first-order valence-corrected chi connectivity index (χ1v) is 10.2. The van der Waals surface area contributed by atoms with E-state index in [4.69, 9.17) is 0 Å². The molecule has 0 unspecified atom stereocenters. The van der Waals surface area contributed by atoms with Crippen LogP contribution in [0.25, 0.3) is 0 Å². The SMILES string of the molecule is CC(C)=CCC/C(C)=C/CC/C(C)=C/CS(=O)(=O)c1ccccc1. The quantitative estimate of drug-likeness (QED) is 0.523. The second-order valence-electron chi connectivity index (χ2n) is 6.55. The van der Waals surface area contributed by atoms with Crippen molar-refractivity contribution in [1.29, 1.82) is 0 Å². The van der Waals surface area contributed by atoms with Crippen LogP contribution in [0, 0.1) is 0 Å². The zero-order valence-electron chi connectivity index (χ0n) is 15.4. The normalized spacial score (nSPS) is 13.0. The maximum Gasteiger partial charge on any atom is 0.181 e. The maximum absolute atomic E-state index is 12.2. The molecule has 0 atom stereocenters. The molecule has 132 valence electrons. The molecule has 0 aliphatic heterocycles. The van der Waals surface area contributed by atoms with Crippen LogP contribution in [-0.2, 0) is 9.84 Å². The Kier molecular flexibility index (Phi) is 8.77. The van der Waals surface area contributed by atoms with E-state index >= 15 is 0 Å². The fourth-order valence-corrected chi connectivity index (χ4v) is 3.58. The lowest BCUT2D eigenvalue weighted by Crippen LogP contribution is -2.04. The number of allylic oxidation sites excluding steroid dienone is 5. The van der Waals surface area contributed by atoms with Crippen LogP contribution >= 0.6 is 0 Å². The molecule has 0 radical (unpaired) electrons. The van der Waals surface area contributed by atoms with Crippen molar-refractivity contribution < 1.29 is 8.42 Å². The molecule has 1 rings (SSSR count). The maximum atomic E-state index is 12.2. The molecule has 0 spiro atoms. The Morgan fingerprint density at radius 2 is 1.38 bits per heavy atom. The van der Waals surface area contributed by atoms with Crippen molar-refractivity contribution in [2.75, 3.05) is 5.75 Å². The van der Waals surface area contributed by atoms with Crippen LogP contribution in [0.1, 0.15) is 53.4 Å². The summed E-state index contributed by atoms with van der Waals surface area (Å²) in [6, 6.07) is 8.64. The fourth-order valence-electron chi connectivity index (χ4n) is 2.31. The van der Waals surface area contributed by atoms with Gasteiger partial charge in [-0.2, -0.15) is 0 Å². The third kappa shape index (κ3) is 8.30. The smallest absolute Gasteiger partial charge is 0.181 e. The van der Waals surface area contributed by atoms with Crippen LogP contribution in [0.4, 0.5) is 0 Å². The minimum absolute atomic E-state index is 0.0755. The minimum Gasteiger partial charge on any atom is -0.223 e. The highest BCUT2D eigenvalue weighted by Crippen LogP contribution is 2.14. The zero-order chi connectivity index (χ0) is 18.0. The summed E-state index contributed by atoms with van der Waals surface area (Å²) in [7, 11) is -3.22. The van der Waals surface area contributed by atoms with Gasteiger partial charge in [0.15, 0.2) is 9.84 Å². The Hall–Kier alpha value is -1.61. The monoisotopic (exact) mass is 346 g/mol. The Balaban J connectivity index is 2.46. The first-order valence-electron chi connectivity index (χ1n) is 8.53. The highest BCUT2D eigenvalue weighted by atomic mass is 32.2. The van der Waals surface area contributed by atoms with E-state index in [0.29, 0.717) is 4.90 Å². The summed E-state index contributed by atoms with van der Waals surface area (Å²) < 4.78 is 24.5. The van der Waals surface area contributed by atoms with Crippen LogP contribution < -0.4 is 0 Å². The molecule has 0 amide bonds. The third-order valence-corrected chi connectivity index (χ3v) is 5.47. The first-order chi connectivity index (χ1) is 11.3. The molecular weight excluding hydrogens is 316 g/mol. The van der Waals surface area contributed by atoms with Crippen molar-refractivity contribution in [3.63, 3.8) is 0 Å². The second kappa shape index (κ2) is 10.3. The van der Waals surface area contributed by atoms with E-state index in [0.717, 1.165) is 31.3 Å². The standard InChI is InChI=1S/C21H30O2S/c1-18(2)10-8-11-19(3)12-9-13-20(4)16-17-24(22,23)21-14-6-5-7-15-21/h5-7,10,12,14-16H,8-9,11,13,17H2,1-4H3/b19-12+,20-16+. The van der Waals surface area contributed by atoms with Gasteiger partial charge in [-0.25, -0.2) is 8.42 Å². The van der Waals surface area contributed by atoms with Crippen molar-refractivity contribution >= 4 is 9.84 Å². The van der Waals surface area contributed by atoms with E-state index in [-0.39, 0.29) is 5.75 Å². The first kappa shape index (κ1) is 20.4. The molecule has 0 aliphatic carbocycles.